The second-order valence-electron chi connectivity index (χ2n) is 4.68. The lowest BCUT2D eigenvalue weighted by Crippen LogP contribution is -2.54. The van der Waals surface area contributed by atoms with Gasteiger partial charge in [-0.1, -0.05) is 0 Å². The van der Waals surface area contributed by atoms with Crippen LogP contribution in [0.25, 0.3) is 0 Å². The number of carboxylic acid groups (broad SMARTS) is 1. The Bertz CT molecular complexity index is 383. The second-order valence-corrected chi connectivity index (χ2v) is 4.68. The molecule has 1 fully saturated rings. The van der Waals surface area contributed by atoms with Gasteiger partial charge in [0.15, 0.2) is 0 Å². The fourth-order valence-corrected chi connectivity index (χ4v) is 1.90. The summed E-state index contributed by atoms with van der Waals surface area (Å²) in [6.07, 6.45) is -0.103. The summed E-state index contributed by atoms with van der Waals surface area (Å²) in [6, 6.07) is -2.72. The summed E-state index contributed by atoms with van der Waals surface area (Å²) in [7, 11) is 0. The van der Waals surface area contributed by atoms with Crippen LogP contribution < -0.4 is 10.6 Å². The number of nitrogens with zero attached hydrogens (tertiary/aromatic N) is 1. The van der Waals surface area contributed by atoms with Gasteiger partial charge in [-0.2, -0.15) is 0 Å². The molecule has 0 spiro atoms. The molecule has 0 bridgehead atoms. The van der Waals surface area contributed by atoms with Crippen LogP contribution in [0.5, 0.6) is 0 Å². The number of nitrogens with one attached hydrogen (secondary N) is 2. The fourth-order valence-electron chi connectivity index (χ4n) is 1.90. The fraction of sp³-hybridized carbons (Fsp3) is 0.750. The predicted octanol–water partition coefficient (Wildman–Crippen LogP) is -1.63. The SMILES string of the molecule is CC(NC(=O)N[C@@H](CCO)C(=O)O)C(=O)N1CCOCC1. The van der Waals surface area contributed by atoms with Gasteiger partial charge in [0, 0.05) is 26.1 Å². The van der Waals surface area contributed by atoms with Crippen LogP contribution in [0.2, 0.25) is 0 Å². The van der Waals surface area contributed by atoms with Gasteiger partial charge in [0.1, 0.15) is 12.1 Å². The minimum absolute atomic E-state index is 0.103. The van der Waals surface area contributed by atoms with E-state index < -0.39 is 24.1 Å². The predicted molar refractivity (Wildman–Crippen MR) is 71.7 cm³/mol. The summed E-state index contributed by atoms with van der Waals surface area (Å²) in [4.78, 5) is 36.1. The van der Waals surface area contributed by atoms with Gasteiger partial charge >= 0.3 is 12.0 Å². The normalized spacial score (nSPS) is 17.7. The molecule has 0 saturated carbocycles. The van der Waals surface area contributed by atoms with E-state index in [-0.39, 0.29) is 18.9 Å². The van der Waals surface area contributed by atoms with Gasteiger partial charge in [-0.3, -0.25) is 4.79 Å². The second kappa shape index (κ2) is 8.42. The summed E-state index contributed by atoms with van der Waals surface area (Å²) in [5.74, 6) is -1.49. The Hall–Kier alpha value is -1.87. The number of rotatable bonds is 6. The highest BCUT2D eigenvalue weighted by Gasteiger charge is 2.25. The molecule has 0 aromatic heterocycles. The number of amides is 3. The molecule has 0 aromatic rings. The quantitative estimate of drug-likeness (QED) is 0.466. The Morgan fingerprint density at radius 1 is 1.24 bits per heavy atom. The average Bonchev–Trinajstić information content (AvgIpc) is 2.46. The minimum atomic E-state index is -1.24. The number of ether oxygens (including phenoxy) is 1. The minimum Gasteiger partial charge on any atom is -0.480 e. The molecule has 1 heterocycles. The highest BCUT2D eigenvalue weighted by Crippen LogP contribution is 2.01. The Kier molecular flexibility index (Phi) is 6.89. The van der Waals surface area contributed by atoms with E-state index in [1.165, 1.54) is 6.92 Å². The zero-order valence-electron chi connectivity index (χ0n) is 11.9. The molecule has 9 heteroatoms. The summed E-state index contributed by atoms with van der Waals surface area (Å²) in [5.41, 5.74) is 0. The third-order valence-electron chi connectivity index (χ3n) is 3.06. The van der Waals surface area contributed by atoms with Crippen LogP contribution in [0.3, 0.4) is 0 Å². The van der Waals surface area contributed by atoms with Crippen LogP contribution in [0.15, 0.2) is 0 Å². The van der Waals surface area contributed by atoms with Crippen LogP contribution in [0, 0.1) is 0 Å². The van der Waals surface area contributed by atoms with Gasteiger partial charge < -0.3 is 30.5 Å². The number of aliphatic carboxylic acids is 1. The Morgan fingerprint density at radius 2 is 1.86 bits per heavy atom. The third kappa shape index (κ3) is 5.56. The van der Waals surface area contributed by atoms with Crippen molar-refractivity contribution >= 4 is 17.9 Å². The molecule has 9 nitrogen and oxygen atoms in total. The first-order valence-corrected chi connectivity index (χ1v) is 6.73. The number of carbonyl (C=O) groups excluding carboxylic acids is 2. The zero-order chi connectivity index (χ0) is 15.8. The van der Waals surface area contributed by atoms with E-state index in [4.69, 9.17) is 14.9 Å². The first-order valence-electron chi connectivity index (χ1n) is 6.73. The third-order valence-corrected chi connectivity index (χ3v) is 3.06. The van der Waals surface area contributed by atoms with E-state index in [9.17, 15) is 14.4 Å². The van der Waals surface area contributed by atoms with Gasteiger partial charge in [-0.25, -0.2) is 9.59 Å². The van der Waals surface area contributed by atoms with Crippen molar-refractivity contribution in [1.82, 2.24) is 15.5 Å². The first kappa shape index (κ1) is 17.2. The summed E-state index contributed by atoms with van der Waals surface area (Å²) in [5, 5.41) is 22.2. The molecule has 21 heavy (non-hydrogen) atoms. The smallest absolute Gasteiger partial charge is 0.326 e. The van der Waals surface area contributed by atoms with Crippen molar-refractivity contribution in [3.8, 4) is 0 Å². The molecular formula is C12H21N3O6. The zero-order valence-corrected chi connectivity index (χ0v) is 11.9. The number of carboxylic acids is 1. The van der Waals surface area contributed by atoms with Crippen molar-refractivity contribution in [1.29, 1.82) is 0 Å². The molecule has 1 rings (SSSR count). The lowest BCUT2D eigenvalue weighted by Gasteiger charge is -2.29. The van der Waals surface area contributed by atoms with Crippen LogP contribution in [0.1, 0.15) is 13.3 Å². The molecule has 4 N–H and O–H groups in total. The number of hydrogen-bond donors (Lipinski definition) is 4. The molecule has 0 aromatic carbocycles. The van der Waals surface area contributed by atoms with Crippen molar-refractivity contribution in [2.24, 2.45) is 0 Å². The lowest BCUT2D eigenvalue weighted by atomic mass is 10.2. The summed E-state index contributed by atoms with van der Waals surface area (Å²) < 4.78 is 5.13. The van der Waals surface area contributed by atoms with E-state index in [0.717, 1.165) is 0 Å². The molecular weight excluding hydrogens is 282 g/mol. The summed E-state index contributed by atoms with van der Waals surface area (Å²) >= 11 is 0. The van der Waals surface area contributed by atoms with Crippen LogP contribution >= 0.6 is 0 Å². The molecule has 3 amide bonds. The van der Waals surface area contributed by atoms with Crippen molar-refractivity contribution in [3.63, 3.8) is 0 Å². The number of hydrogen-bond acceptors (Lipinski definition) is 5. The topological polar surface area (TPSA) is 128 Å². The number of carbonyl (C=O) groups is 3. The van der Waals surface area contributed by atoms with E-state index in [1.54, 1.807) is 4.90 Å². The van der Waals surface area contributed by atoms with Gasteiger partial charge in [0.05, 0.1) is 13.2 Å². The van der Waals surface area contributed by atoms with Gasteiger partial charge in [-0.05, 0) is 6.92 Å². The molecule has 1 aliphatic rings. The van der Waals surface area contributed by atoms with Crippen LogP contribution in [-0.4, -0.2) is 78.0 Å². The highest BCUT2D eigenvalue weighted by atomic mass is 16.5. The maximum absolute atomic E-state index is 12.1. The maximum atomic E-state index is 12.1. The first-order chi connectivity index (χ1) is 9.95. The van der Waals surface area contributed by atoms with E-state index in [1.807, 2.05) is 0 Å². The standard InChI is InChI=1S/C12H21N3O6/c1-8(10(17)15-3-6-21-7-4-15)13-12(20)14-9(2-5-16)11(18)19/h8-9,16H,2-7H2,1H3,(H,18,19)(H2,13,14,20)/t8?,9-/m0/s1. The van der Waals surface area contributed by atoms with Gasteiger partial charge in [0.2, 0.25) is 5.91 Å². The van der Waals surface area contributed by atoms with Crippen molar-refractivity contribution in [2.75, 3.05) is 32.9 Å². The van der Waals surface area contributed by atoms with Crippen LogP contribution in [-0.2, 0) is 14.3 Å². The average molecular weight is 303 g/mol. The monoisotopic (exact) mass is 303 g/mol. The van der Waals surface area contributed by atoms with Crippen molar-refractivity contribution < 1.29 is 29.3 Å². The maximum Gasteiger partial charge on any atom is 0.326 e. The number of aliphatic hydroxyl groups excluding tert-OH is 1. The largest absolute Gasteiger partial charge is 0.480 e. The molecule has 2 atom stereocenters. The molecule has 1 unspecified atom stereocenters. The highest BCUT2D eigenvalue weighted by molar-refractivity contribution is 5.88. The molecule has 120 valence electrons. The Labute approximate surface area is 122 Å². The van der Waals surface area contributed by atoms with Gasteiger partial charge in [-0.15, -0.1) is 0 Å². The molecule has 0 radical (unpaired) electrons. The molecule has 1 aliphatic heterocycles. The lowest BCUT2D eigenvalue weighted by molar-refractivity contribution is -0.139. The van der Waals surface area contributed by atoms with Crippen LogP contribution in [0.4, 0.5) is 4.79 Å². The van der Waals surface area contributed by atoms with Crippen molar-refractivity contribution in [3.05, 3.63) is 0 Å². The summed E-state index contributed by atoms with van der Waals surface area (Å²) in [6.45, 7) is 3.02. The molecule has 1 saturated heterocycles. The van der Waals surface area contributed by atoms with E-state index in [0.29, 0.717) is 26.3 Å². The Morgan fingerprint density at radius 3 is 2.38 bits per heavy atom. The molecule has 0 aliphatic carbocycles. The Balaban J connectivity index is 2.45. The van der Waals surface area contributed by atoms with E-state index >= 15 is 0 Å². The number of aliphatic hydroxyl groups is 1. The number of morpholine rings is 1. The van der Waals surface area contributed by atoms with Gasteiger partial charge in [0.25, 0.3) is 0 Å². The van der Waals surface area contributed by atoms with Crippen molar-refractivity contribution in [2.45, 2.75) is 25.4 Å². The number of urea groups is 1. The van der Waals surface area contributed by atoms with E-state index in [2.05, 4.69) is 10.6 Å².